The Hall–Kier alpha value is -1.07. The van der Waals surface area contributed by atoms with Gasteiger partial charge in [-0.05, 0) is 46.1 Å². The Labute approximate surface area is 131 Å². The van der Waals surface area contributed by atoms with Crippen molar-refractivity contribution in [3.05, 3.63) is 22.4 Å². The van der Waals surface area contributed by atoms with E-state index in [1.807, 2.05) is 25.7 Å². The molecule has 0 N–H and O–H groups in total. The molecule has 2 heterocycles. The van der Waals surface area contributed by atoms with E-state index < -0.39 is 5.60 Å². The van der Waals surface area contributed by atoms with E-state index >= 15 is 0 Å². The van der Waals surface area contributed by atoms with E-state index in [0.717, 1.165) is 19.6 Å². The molecule has 0 unspecified atom stereocenters. The van der Waals surface area contributed by atoms with Gasteiger partial charge in [-0.1, -0.05) is 6.07 Å². The summed E-state index contributed by atoms with van der Waals surface area (Å²) in [5, 5.41) is 2.12. The maximum atomic E-state index is 12.2. The lowest BCUT2D eigenvalue weighted by Gasteiger charge is -2.42. The van der Waals surface area contributed by atoms with Gasteiger partial charge in [0.05, 0.1) is 0 Å². The lowest BCUT2D eigenvalue weighted by molar-refractivity contribution is -0.00328. The summed E-state index contributed by atoms with van der Waals surface area (Å²) in [6.07, 6.45) is -0.196. The van der Waals surface area contributed by atoms with Crippen LogP contribution in [0.1, 0.15) is 45.5 Å². The first-order chi connectivity index (χ1) is 9.78. The maximum Gasteiger partial charge on any atom is 0.410 e. The van der Waals surface area contributed by atoms with Crippen LogP contribution in [0.15, 0.2) is 17.5 Å². The SMILES string of the molecule is C[C@@H]1CN([C@@H](C)c2cccs2)CCN1C(=O)OC(C)(C)C. The first-order valence-corrected chi connectivity index (χ1v) is 8.43. The number of ether oxygens (including phenoxy) is 1. The Bertz CT molecular complexity index is 467. The van der Waals surface area contributed by atoms with Crippen LogP contribution in [0.2, 0.25) is 0 Å². The van der Waals surface area contributed by atoms with Gasteiger partial charge in [-0.25, -0.2) is 4.79 Å². The fraction of sp³-hybridized carbons (Fsp3) is 0.688. The van der Waals surface area contributed by atoms with Crippen molar-refractivity contribution in [1.82, 2.24) is 9.80 Å². The van der Waals surface area contributed by atoms with Crippen molar-refractivity contribution in [3.63, 3.8) is 0 Å². The van der Waals surface area contributed by atoms with E-state index in [0.29, 0.717) is 6.04 Å². The van der Waals surface area contributed by atoms with Crippen LogP contribution in [0.5, 0.6) is 0 Å². The Morgan fingerprint density at radius 3 is 2.67 bits per heavy atom. The quantitative estimate of drug-likeness (QED) is 0.834. The molecule has 0 radical (unpaired) electrons. The van der Waals surface area contributed by atoms with Gasteiger partial charge < -0.3 is 9.64 Å². The molecule has 21 heavy (non-hydrogen) atoms. The number of hydrogen-bond acceptors (Lipinski definition) is 4. The van der Waals surface area contributed by atoms with Gasteiger partial charge in [-0.15, -0.1) is 11.3 Å². The second-order valence-corrected chi connectivity index (χ2v) is 7.69. The summed E-state index contributed by atoms with van der Waals surface area (Å²) < 4.78 is 5.49. The van der Waals surface area contributed by atoms with Crippen molar-refractivity contribution in [1.29, 1.82) is 0 Å². The highest BCUT2D eigenvalue weighted by Crippen LogP contribution is 2.27. The molecule has 118 valence electrons. The largest absolute Gasteiger partial charge is 0.444 e. The lowest BCUT2D eigenvalue weighted by Crippen LogP contribution is -2.55. The van der Waals surface area contributed by atoms with E-state index in [4.69, 9.17) is 4.74 Å². The molecule has 5 heteroatoms. The molecule has 1 fully saturated rings. The van der Waals surface area contributed by atoms with Gasteiger partial charge in [0, 0.05) is 36.6 Å². The third-order valence-corrected chi connectivity index (χ3v) is 4.83. The Morgan fingerprint density at radius 1 is 1.43 bits per heavy atom. The van der Waals surface area contributed by atoms with Gasteiger partial charge in [0.2, 0.25) is 0 Å². The molecule has 1 aliphatic heterocycles. The minimum atomic E-state index is -0.432. The molecule has 0 bridgehead atoms. The molecule has 4 nitrogen and oxygen atoms in total. The number of carbonyl (C=O) groups is 1. The number of amides is 1. The molecular weight excluding hydrogens is 284 g/mol. The first kappa shape index (κ1) is 16.3. The third kappa shape index (κ3) is 4.20. The average Bonchev–Trinajstić information content (AvgIpc) is 2.89. The molecular formula is C16H26N2O2S. The maximum absolute atomic E-state index is 12.2. The second kappa shape index (κ2) is 6.36. The number of rotatable bonds is 2. The minimum absolute atomic E-state index is 0.177. The molecule has 2 atom stereocenters. The summed E-state index contributed by atoms with van der Waals surface area (Å²) in [5.41, 5.74) is -0.432. The van der Waals surface area contributed by atoms with Crippen LogP contribution >= 0.6 is 11.3 Å². The summed E-state index contributed by atoms with van der Waals surface area (Å²) in [5.74, 6) is 0. The minimum Gasteiger partial charge on any atom is -0.444 e. The summed E-state index contributed by atoms with van der Waals surface area (Å²) in [6, 6.07) is 4.86. The fourth-order valence-electron chi connectivity index (χ4n) is 2.64. The topological polar surface area (TPSA) is 32.8 Å². The third-order valence-electron chi connectivity index (χ3n) is 3.79. The molecule has 0 saturated carbocycles. The summed E-state index contributed by atoms with van der Waals surface area (Å²) in [6.45, 7) is 12.6. The second-order valence-electron chi connectivity index (χ2n) is 6.71. The molecule has 2 rings (SSSR count). The fourth-order valence-corrected chi connectivity index (χ4v) is 3.46. The number of thiophene rings is 1. The van der Waals surface area contributed by atoms with Gasteiger partial charge in [0.25, 0.3) is 0 Å². The van der Waals surface area contributed by atoms with Gasteiger partial charge >= 0.3 is 6.09 Å². The molecule has 1 amide bonds. The molecule has 0 aliphatic carbocycles. The van der Waals surface area contributed by atoms with E-state index in [2.05, 4.69) is 36.3 Å². The van der Waals surface area contributed by atoms with E-state index in [1.165, 1.54) is 4.88 Å². The molecule has 0 aromatic carbocycles. The van der Waals surface area contributed by atoms with Gasteiger partial charge in [-0.3, -0.25) is 4.90 Å². The average molecular weight is 310 g/mol. The standard InChI is InChI=1S/C16H26N2O2S/c1-12-11-17(13(2)14-7-6-10-21-14)8-9-18(12)15(19)20-16(3,4)5/h6-7,10,12-13H,8-9,11H2,1-5H3/t12-,13+/m1/s1. The molecule has 1 aromatic heterocycles. The first-order valence-electron chi connectivity index (χ1n) is 7.55. The Balaban J connectivity index is 1.94. The molecule has 1 aliphatic rings. The predicted molar refractivity (Wildman–Crippen MR) is 86.7 cm³/mol. The molecule has 1 aromatic rings. The van der Waals surface area contributed by atoms with Gasteiger partial charge in [0.15, 0.2) is 0 Å². The van der Waals surface area contributed by atoms with Crippen molar-refractivity contribution >= 4 is 17.4 Å². The van der Waals surface area contributed by atoms with Crippen LogP contribution < -0.4 is 0 Å². The van der Waals surface area contributed by atoms with Crippen LogP contribution in [-0.2, 0) is 4.74 Å². The molecule has 1 saturated heterocycles. The summed E-state index contributed by atoms with van der Waals surface area (Å²) >= 11 is 1.79. The van der Waals surface area contributed by atoms with E-state index in [1.54, 1.807) is 11.3 Å². The zero-order valence-electron chi connectivity index (χ0n) is 13.6. The number of nitrogens with zero attached hydrogens (tertiary/aromatic N) is 2. The van der Waals surface area contributed by atoms with E-state index in [-0.39, 0.29) is 12.1 Å². The van der Waals surface area contributed by atoms with Crippen LogP contribution in [0, 0.1) is 0 Å². The van der Waals surface area contributed by atoms with Crippen molar-refractivity contribution < 1.29 is 9.53 Å². The summed E-state index contributed by atoms with van der Waals surface area (Å²) in [7, 11) is 0. The van der Waals surface area contributed by atoms with Crippen molar-refractivity contribution in [2.24, 2.45) is 0 Å². The van der Waals surface area contributed by atoms with Crippen LogP contribution in [0.3, 0.4) is 0 Å². The van der Waals surface area contributed by atoms with Crippen molar-refractivity contribution in [2.45, 2.75) is 52.3 Å². The van der Waals surface area contributed by atoms with Gasteiger partial charge in [-0.2, -0.15) is 0 Å². The lowest BCUT2D eigenvalue weighted by atomic mass is 10.1. The highest BCUT2D eigenvalue weighted by Gasteiger charge is 2.32. The molecule has 0 spiro atoms. The van der Waals surface area contributed by atoms with Crippen molar-refractivity contribution in [2.75, 3.05) is 19.6 Å². The number of carbonyl (C=O) groups excluding carboxylic acids is 1. The zero-order valence-corrected chi connectivity index (χ0v) is 14.4. The van der Waals surface area contributed by atoms with Crippen molar-refractivity contribution in [3.8, 4) is 0 Å². The normalized spacial score (nSPS) is 22.1. The Kier molecular flexibility index (Phi) is 4.94. The predicted octanol–water partition coefficient (Wildman–Crippen LogP) is 3.75. The highest BCUT2D eigenvalue weighted by molar-refractivity contribution is 7.10. The van der Waals surface area contributed by atoms with Crippen LogP contribution in [0.4, 0.5) is 4.79 Å². The Morgan fingerprint density at radius 2 is 2.14 bits per heavy atom. The van der Waals surface area contributed by atoms with Crippen LogP contribution in [0.25, 0.3) is 0 Å². The van der Waals surface area contributed by atoms with Crippen LogP contribution in [-0.4, -0.2) is 47.2 Å². The van der Waals surface area contributed by atoms with Gasteiger partial charge in [0.1, 0.15) is 5.60 Å². The smallest absolute Gasteiger partial charge is 0.410 e. The summed E-state index contributed by atoms with van der Waals surface area (Å²) in [4.78, 5) is 17.9. The van der Waals surface area contributed by atoms with E-state index in [9.17, 15) is 4.79 Å². The zero-order chi connectivity index (χ0) is 15.6. The highest BCUT2D eigenvalue weighted by atomic mass is 32.1. The number of hydrogen-bond donors (Lipinski definition) is 0. The monoisotopic (exact) mass is 310 g/mol. The number of piperazine rings is 1.